The lowest BCUT2D eigenvalue weighted by molar-refractivity contribution is -0.159. The fraction of sp³-hybridized carbons (Fsp3) is 0.333. The second kappa shape index (κ2) is 11.2. The highest BCUT2D eigenvalue weighted by Crippen LogP contribution is 2.20. The summed E-state index contributed by atoms with van der Waals surface area (Å²) >= 11 is 0. The number of aromatic amines is 1. The molecule has 0 saturated carbocycles. The predicted octanol–water partition coefficient (Wildman–Crippen LogP) is 0.733. The largest absolute Gasteiger partial charge is 0.473 e. The molecule has 5 N–H and O–H groups in total. The number of rotatable bonds is 9. The van der Waals surface area contributed by atoms with Gasteiger partial charge in [-0.1, -0.05) is 12.1 Å². The fourth-order valence-corrected chi connectivity index (χ4v) is 3.08. The van der Waals surface area contributed by atoms with E-state index in [1.165, 1.54) is 18.0 Å². The fourth-order valence-electron chi connectivity index (χ4n) is 2.37. The maximum absolute atomic E-state index is 11.5. The van der Waals surface area contributed by atoms with Gasteiger partial charge < -0.3 is 20.5 Å². The van der Waals surface area contributed by atoms with E-state index in [1.54, 1.807) is 0 Å². The Hall–Kier alpha value is -2.69. The van der Waals surface area contributed by atoms with Gasteiger partial charge in [0.05, 0.1) is 5.75 Å². The van der Waals surface area contributed by atoms with E-state index in [0.717, 1.165) is 30.6 Å². The molecule has 28 heavy (non-hydrogen) atoms. The molecule has 2 rings (SSSR count). The molecule has 1 aromatic carbocycles. The molecular formula is C18H25N3O6S. The van der Waals surface area contributed by atoms with E-state index in [9.17, 15) is 8.42 Å². The second-order valence-electron chi connectivity index (χ2n) is 5.82. The molecule has 1 aromatic heterocycles. The van der Waals surface area contributed by atoms with Crippen molar-refractivity contribution in [3.05, 3.63) is 48.2 Å². The minimum atomic E-state index is -3.17. The number of carboxylic acid groups (broad SMARTS) is 2. The molecule has 0 amide bonds. The van der Waals surface area contributed by atoms with Crippen molar-refractivity contribution in [3.63, 3.8) is 0 Å². The number of carboxylic acids is 2. The third-order valence-electron chi connectivity index (χ3n) is 3.85. The van der Waals surface area contributed by atoms with E-state index in [2.05, 4.69) is 27.7 Å². The summed E-state index contributed by atoms with van der Waals surface area (Å²) in [5.74, 6) is -3.54. The van der Waals surface area contributed by atoms with Crippen molar-refractivity contribution < 1.29 is 28.2 Å². The number of sulfonamides is 1. The number of hydrogen-bond donors (Lipinski definition) is 5. The number of aromatic nitrogens is 1. The van der Waals surface area contributed by atoms with E-state index in [4.69, 9.17) is 19.8 Å². The first-order valence-electron chi connectivity index (χ1n) is 8.48. The predicted molar refractivity (Wildman–Crippen MR) is 107 cm³/mol. The molecule has 0 unspecified atom stereocenters. The molecule has 0 bridgehead atoms. The van der Waals surface area contributed by atoms with Gasteiger partial charge in [-0.15, -0.1) is 6.58 Å². The zero-order valence-electron chi connectivity index (χ0n) is 15.6. The molecule has 0 fully saturated rings. The molecule has 154 valence electrons. The summed E-state index contributed by atoms with van der Waals surface area (Å²) in [6.45, 7) is 5.37. The molecule has 10 heteroatoms. The molecule has 1 heterocycles. The first-order valence-corrected chi connectivity index (χ1v) is 10.1. The first kappa shape index (κ1) is 23.3. The maximum atomic E-state index is 11.5. The van der Waals surface area contributed by atoms with Crippen molar-refractivity contribution in [2.24, 2.45) is 0 Å². The molecular weight excluding hydrogens is 386 g/mol. The highest BCUT2D eigenvalue weighted by molar-refractivity contribution is 7.89. The molecule has 0 spiro atoms. The van der Waals surface area contributed by atoms with Crippen molar-refractivity contribution >= 4 is 32.9 Å². The highest BCUT2D eigenvalue weighted by Gasteiger charge is 2.09. The van der Waals surface area contributed by atoms with Gasteiger partial charge in [0.2, 0.25) is 10.0 Å². The monoisotopic (exact) mass is 411 g/mol. The molecule has 0 aliphatic heterocycles. The van der Waals surface area contributed by atoms with Crippen LogP contribution in [0.3, 0.4) is 0 Å². The van der Waals surface area contributed by atoms with E-state index in [0.29, 0.717) is 6.42 Å². The SMILES string of the molecule is C=CCNCCc1c[nH]c2ccc(CCS(=O)(=O)NC)cc12.O=C(O)C(=O)O. The molecule has 0 atom stereocenters. The third-order valence-corrected chi connectivity index (χ3v) is 5.21. The van der Waals surface area contributed by atoms with Gasteiger partial charge in [-0.25, -0.2) is 22.7 Å². The molecule has 0 saturated heterocycles. The normalized spacial score (nSPS) is 10.9. The van der Waals surface area contributed by atoms with Crippen LogP contribution in [0.15, 0.2) is 37.1 Å². The van der Waals surface area contributed by atoms with Gasteiger partial charge >= 0.3 is 11.9 Å². The highest BCUT2D eigenvalue weighted by atomic mass is 32.2. The van der Waals surface area contributed by atoms with Crippen LogP contribution in [0.4, 0.5) is 0 Å². The van der Waals surface area contributed by atoms with Crippen LogP contribution >= 0.6 is 0 Å². The first-order chi connectivity index (χ1) is 13.2. The zero-order valence-corrected chi connectivity index (χ0v) is 16.4. The van der Waals surface area contributed by atoms with Crippen LogP contribution < -0.4 is 10.0 Å². The van der Waals surface area contributed by atoms with Crippen LogP contribution in [-0.2, 0) is 32.5 Å². The smallest absolute Gasteiger partial charge is 0.414 e. The van der Waals surface area contributed by atoms with Gasteiger partial charge in [0.25, 0.3) is 0 Å². The van der Waals surface area contributed by atoms with Gasteiger partial charge in [0.15, 0.2) is 0 Å². The van der Waals surface area contributed by atoms with Gasteiger partial charge in [-0.2, -0.15) is 0 Å². The Bertz CT molecular complexity index is 909. The van der Waals surface area contributed by atoms with Crippen LogP contribution in [0.25, 0.3) is 10.9 Å². The summed E-state index contributed by atoms with van der Waals surface area (Å²) in [5.41, 5.74) is 3.36. The average Bonchev–Trinajstić information content (AvgIpc) is 3.06. The lowest BCUT2D eigenvalue weighted by atomic mass is 10.1. The standard InChI is InChI=1S/C16H23N3O2S.C2H2O4/c1-3-8-18-9-6-14-12-19-16-5-4-13(11-15(14)16)7-10-22(20,21)17-2;3-1(4)2(5)6/h3-5,11-12,17-19H,1,6-10H2,2H3;(H,3,4)(H,5,6). The number of fused-ring (bicyclic) bond motifs is 1. The van der Waals surface area contributed by atoms with Gasteiger partial charge in [0.1, 0.15) is 0 Å². The average molecular weight is 411 g/mol. The Morgan fingerprint density at radius 3 is 2.46 bits per heavy atom. The van der Waals surface area contributed by atoms with Crippen LogP contribution in [0.2, 0.25) is 0 Å². The summed E-state index contributed by atoms with van der Waals surface area (Å²) in [6, 6.07) is 6.07. The summed E-state index contributed by atoms with van der Waals surface area (Å²) < 4.78 is 25.4. The van der Waals surface area contributed by atoms with Crippen molar-refractivity contribution in [1.82, 2.24) is 15.0 Å². The Morgan fingerprint density at radius 1 is 1.21 bits per heavy atom. The topological polar surface area (TPSA) is 149 Å². The van der Waals surface area contributed by atoms with Crippen LogP contribution in [0.5, 0.6) is 0 Å². The second-order valence-corrected chi connectivity index (χ2v) is 7.87. The summed E-state index contributed by atoms with van der Waals surface area (Å²) in [5, 5.41) is 19.2. The Morgan fingerprint density at radius 2 is 1.89 bits per heavy atom. The summed E-state index contributed by atoms with van der Waals surface area (Å²) in [6.07, 6.45) is 5.30. The zero-order chi connectivity index (χ0) is 21.2. The van der Waals surface area contributed by atoms with Gasteiger partial charge in [-0.3, -0.25) is 0 Å². The van der Waals surface area contributed by atoms with Crippen molar-refractivity contribution in [1.29, 1.82) is 0 Å². The number of carbonyl (C=O) groups is 2. The van der Waals surface area contributed by atoms with E-state index >= 15 is 0 Å². The number of H-pyrrole nitrogens is 1. The molecule has 0 radical (unpaired) electrons. The van der Waals surface area contributed by atoms with E-state index in [-0.39, 0.29) is 5.75 Å². The Balaban J connectivity index is 0.000000568. The lowest BCUT2D eigenvalue weighted by Gasteiger charge is -2.05. The summed E-state index contributed by atoms with van der Waals surface area (Å²) in [7, 11) is -1.72. The maximum Gasteiger partial charge on any atom is 0.414 e. The van der Waals surface area contributed by atoms with Crippen LogP contribution in [0.1, 0.15) is 11.1 Å². The lowest BCUT2D eigenvalue weighted by Crippen LogP contribution is -2.23. The van der Waals surface area contributed by atoms with Crippen molar-refractivity contribution in [3.8, 4) is 0 Å². The minimum absolute atomic E-state index is 0.107. The van der Waals surface area contributed by atoms with E-state index < -0.39 is 22.0 Å². The van der Waals surface area contributed by atoms with E-state index in [1.807, 2.05) is 24.4 Å². The number of nitrogens with one attached hydrogen (secondary N) is 3. The molecule has 9 nitrogen and oxygen atoms in total. The number of aryl methyl sites for hydroxylation is 1. The van der Waals surface area contributed by atoms with Gasteiger partial charge in [-0.05, 0) is 49.7 Å². The van der Waals surface area contributed by atoms with Crippen molar-refractivity contribution in [2.45, 2.75) is 12.8 Å². The number of hydrogen-bond acceptors (Lipinski definition) is 5. The number of aliphatic carboxylic acids is 2. The number of benzene rings is 1. The summed E-state index contributed by atoms with van der Waals surface area (Å²) in [4.78, 5) is 21.5. The third kappa shape index (κ3) is 7.91. The quantitative estimate of drug-likeness (QED) is 0.232. The Labute approximate surface area is 163 Å². The van der Waals surface area contributed by atoms with Crippen LogP contribution in [-0.4, -0.2) is 61.4 Å². The molecule has 0 aliphatic rings. The van der Waals surface area contributed by atoms with Crippen LogP contribution in [0, 0.1) is 0 Å². The Kier molecular flexibility index (Phi) is 9.36. The molecule has 2 aromatic rings. The van der Waals surface area contributed by atoms with Crippen molar-refractivity contribution in [2.75, 3.05) is 25.9 Å². The minimum Gasteiger partial charge on any atom is -0.473 e. The molecule has 0 aliphatic carbocycles. The van der Waals surface area contributed by atoms with Gasteiger partial charge in [0, 0.05) is 23.6 Å².